The number of nitro groups is 1. The molecule has 0 heterocycles. The van der Waals surface area contributed by atoms with Gasteiger partial charge in [-0.05, 0) is 36.9 Å². The lowest BCUT2D eigenvalue weighted by atomic mass is 10.2. The molecule has 2 aromatic rings. The van der Waals surface area contributed by atoms with Gasteiger partial charge in [0.15, 0.2) is 0 Å². The maximum atomic E-state index is 12.1. The number of benzene rings is 2. The van der Waals surface area contributed by atoms with Crippen molar-refractivity contribution in [2.24, 2.45) is 0 Å². The summed E-state index contributed by atoms with van der Waals surface area (Å²) in [5.41, 5.74) is 1.09. The molecule has 0 spiro atoms. The molecule has 0 aliphatic heterocycles. The number of carbonyl (C=O) groups is 1. The van der Waals surface area contributed by atoms with Gasteiger partial charge in [0.2, 0.25) is 5.91 Å². The van der Waals surface area contributed by atoms with Gasteiger partial charge in [-0.15, -0.1) is 0 Å². The van der Waals surface area contributed by atoms with Crippen LogP contribution in [-0.4, -0.2) is 36.4 Å². The predicted octanol–water partition coefficient (Wildman–Crippen LogP) is 3.33. The van der Waals surface area contributed by atoms with Crippen LogP contribution in [0.1, 0.15) is 5.56 Å². The van der Waals surface area contributed by atoms with Crippen molar-refractivity contribution in [3.05, 3.63) is 63.2 Å². The Bertz CT molecular complexity index is 782. The Morgan fingerprint density at radius 2 is 2.08 bits per heavy atom. The maximum Gasteiger partial charge on any atom is 0.289 e. The Kier molecular flexibility index (Phi) is 6.32. The van der Waals surface area contributed by atoms with Gasteiger partial charge < -0.3 is 10.1 Å². The van der Waals surface area contributed by atoms with E-state index in [1.807, 2.05) is 36.2 Å². The first-order chi connectivity index (χ1) is 11.9. The second-order valence-electron chi connectivity index (χ2n) is 5.50. The Hall–Kier alpha value is -2.64. The Labute approximate surface area is 150 Å². The zero-order chi connectivity index (χ0) is 18.4. The third-order valence-electron chi connectivity index (χ3n) is 3.43. The molecule has 0 unspecified atom stereocenters. The molecule has 0 aromatic heterocycles. The third-order valence-corrected chi connectivity index (χ3v) is 3.75. The molecule has 7 nitrogen and oxygen atoms in total. The van der Waals surface area contributed by atoms with Crippen LogP contribution < -0.4 is 10.1 Å². The molecule has 0 bridgehead atoms. The van der Waals surface area contributed by atoms with Crippen molar-refractivity contribution in [1.82, 2.24) is 4.90 Å². The largest absolute Gasteiger partial charge is 0.497 e. The highest BCUT2D eigenvalue weighted by Crippen LogP contribution is 2.27. The van der Waals surface area contributed by atoms with Gasteiger partial charge in [0, 0.05) is 18.3 Å². The summed E-state index contributed by atoms with van der Waals surface area (Å²) in [6.45, 7) is 0.693. The highest BCUT2D eigenvalue weighted by Gasteiger charge is 2.14. The standard InChI is InChI=1S/C17H18ClN3O4/c1-20(10-12-4-3-5-14(8-12)25-2)11-17(22)19-13-6-7-15(18)16(9-13)21(23)24/h3-9H,10-11H2,1-2H3,(H,19,22). The fourth-order valence-corrected chi connectivity index (χ4v) is 2.50. The fraction of sp³-hybridized carbons (Fsp3) is 0.235. The number of methoxy groups -OCH3 is 1. The number of amides is 1. The molecule has 2 aromatic carbocycles. The molecule has 0 aliphatic rings. The molecule has 1 N–H and O–H groups in total. The maximum absolute atomic E-state index is 12.1. The lowest BCUT2D eigenvalue weighted by molar-refractivity contribution is -0.384. The van der Waals surface area contributed by atoms with Crippen molar-refractivity contribution in [2.75, 3.05) is 26.0 Å². The highest BCUT2D eigenvalue weighted by atomic mass is 35.5. The molecular weight excluding hydrogens is 346 g/mol. The van der Waals surface area contributed by atoms with E-state index in [-0.39, 0.29) is 23.2 Å². The van der Waals surface area contributed by atoms with E-state index < -0.39 is 4.92 Å². The number of nitrogens with one attached hydrogen (secondary N) is 1. The second kappa shape index (κ2) is 8.46. The number of hydrogen-bond donors (Lipinski definition) is 1. The molecular formula is C17H18ClN3O4. The van der Waals surface area contributed by atoms with E-state index in [1.165, 1.54) is 18.2 Å². The topological polar surface area (TPSA) is 84.7 Å². The van der Waals surface area contributed by atoms with Gasteiger partial charge in [0.25, 0.3) is 5.69 Å². The highest BCUT2D eigenvalue weighted by molar-refractivity contribution is 6.32. The van der Waals surface area contributed by atoms with Gasteiger partial charge in [0.1, 0.15) is 10.8 Å². The summed E-state index contributed by atoms with van der Waals surface area (Å²) in [5.74, 6) is 0.478. The number of hydrogen-bond acceptors (Lipinski definition) is 5. The van der Waals surface area contributed by atoms with Crippen LogP contribution in [0.3, 0.4) is 0 Å². The lowest BCUT2D eigenvalue weighted by Crippen LogP contribution is -2.29. The average Bonchev–Trinajstić information content (AvgIpc) is 2.56. The number of anilines is 1. The first-order valence-corrected chi connectivity index (χ1v) is 7.82. The number of ether oxygens (including phenoxy) is 1. The van der Waals surface area contributed by atoms with Crippen LogP contribution in [0.25, 0.3) is 0 Å². The van der Waals surface area contributed by atoms with E-state index in [0.29, 0.717) is 12.2 Å². The first kappa shape index (κ1) is 18.7. The van der Waals surface area contributed by atoms with Gasteiger partial charge in [-0.2, -0.15) is 0 Å². The molecule has 1 amide bonds. The van der Waals surface area contributed by atoms with Crippen molar-refractivity contribution >= 4 is 28.9 Å². The minimum absolute atomic E-state index is 0.0261. The fourth-order valence-electron chi connectivity index (χ4n) is 2.31. The van der Waals surface area contributed by atoms with E-state index in [9.17, 15) is 14.9 Å². The minimum atomic E-state index is -0.590. The summed E-state index contributed by atoms with van der Waals surface area (Å²) in [7, 11) is 3.41. The van der Waals surface area contributed by atoms with Gasteiger partial charge in [-0.1, -0.05) is 23.7 Å². The Morgan fingerprint density at radius 1 is 1.32 bits per heavy atom. The predicted molar refractivity (Wildman–Crippen MR) is 96.1 cm³/mol. The van der Waals surface area contributed by atoms with E-state index in [4.69, 9.17) is 16.3 Å². The number of nitrogens with zero attached hydrogens (tertiary/aromatic N) is 2. The monoisotopic (exact) mass is 363 g/mol. The van der Waals surface area contributed by atoms with Crippen LogP contribution in [0.4, 0.5) is 11.4 Å². The van der Waals surface area contributed by atoms with Crippen LogP contribution in [0, 0.1) is 10.1 Å². The molecule has 0 saturated heterocycles. The number of likely N-dealkylation sites (N-methyl/N-ethyl adjacent to an activating group) is 1. The molecule has 0 fully saturated rings. The van der Waals surface area contributed by atoms with Crippen LogP contribution in [0.5, 0.6) is 5.75 Å². The van der Waals surface area contributed by atoms with Crippen molar-refractivity contribution in [2.45, 2.75) is 6.54 Å². The summed E-state index contributed by atoms with van der Waals surface area (Å²) in [4.78, 5) is 24.2. The molecule has 0 aliphatic carbocycles. The van der Waals surface area contributed by atoms with Gasteiger partial charge in [-0.3, -0.25) is 19.8 Å². The number of carbonyl (C=O) groups excluding carboxylic acids is 1. The minimum Gasteiger partial charge on any atom is -0.497 e. The zero-order valence-corrected chi connectivity index (χ0v) is 14.6. The van der Waals surface area contributed by atoms with Gasteiger partial charge >= 0.3 is 0 Å². The molecule has 132 valence electrons. The first-order valence-electron chi connectivity index (χ1n) is 7.44. The second-order valence-corrected chi connectivity index (χ2v) is 5.90. The van der Waals surface area contributed by atoms with Crippen molar-refractivity contribution in [1.29, 1.82) is 0 Å². The summed E-state index contributed by atoms with van der Waals surface area (Å²) in [6.07, 6.45) is 0. The van der Waals surface area contributed by atoms with E-state index >= 15 is 0 Å². The molecule has 0 atom stereocenters. The average molecular weight is 364 g/mol. The molecule has 8 heteroatoms. The Balaban J connectivity index is 1.95. The normalized spacial score (nSPS) is 10.6. The molecule has 0 radical (unpaired) electrons. The van der Waals surface area contributed by atoms with Crippen molar-refractivity contribution in [3.8, 4) is 5.75 Å². The van der Waals surface area contributed by atoms with Crippen LogP contribution in [0.2, 0.25) is 5.02 Å². The molecule has 0 saturated carbocycles. The van der Waals surface area contributed by atoms with Crippen LogP contribution in [0.15, 0.2) is 42.5 Å². The smallest absolute Gasteiger partial charge is 0.289 e. The van der Waals surface area contributed by atoms with E-state index in [1.54, 1.807) is 7.11 Å². The quantitative estimate of drug-likeness (QED) is 0.602. The number of nitro benzene ring substituents is 1. The van der Waals surface area contributed by atoms with Gasteiger partial charge in [0.05, 0.1) is 18.6 Å². The number of halogens is 1. The number of rotatable bonds is 7. The summed E-state index contributed by atoms with van der Waals surface area (Å²) >= 11 is 5.75. The van der Waals surface area contributed by atoms with Gasteiger partial charge in [-0.25, -0.2) is 0 Å². The summed E-state index contributed by atoms with van der Waals surface area (Å²) < 4.78 is 5.17. The molecule has 2 rings (SSSR count). The Morgan fingerprint density at radius 3 is 2.76 bits per heavy atom. The van der Waals surface area contributed by atoms with Crippen LogP contribution >= 0.6 is 11.6 Å². The SMILES string of the molecule is COc1cccc(CN(C)CC(=O)Nc2ccc(Cl)c([N+](=O)[O-])c2)c1. The van der Waals surface area contributed by atoms with Crippen LogP contribution in [-0.2, 0) is 11.3 Å². The summed E-state index contributed by atoms with van der Waals surface area (Å²) in [6, 6.07) is 11.7. The lowest BCUT2D eigenvalue weighted by Gasteiger charge is -2.17. The van der Waals surface area contributed by atoms with Crippen molar-refractivity contribution < 1.29 is 14.5 Å². The zero-order valence-electron chi connectivity index (χ0n) is 13.9. The molecule has 25 heavy (non-hydrogen) atoms. The van der Waals surface area contributed by atoms with E-state index in [2.05, 4.69) is 5.32 Å². The summed E-state index contributed by atoms with van der Waals surface area (Å²) in [5, 5.41) is 13.5. The van der Waals surface area contributed by atoms with E-state index in [0.717, 1.165) is 11.3 Å². The van der Waals surface area contributed by atoms with Crippen molar-refractivity contribution in [3.63, 3.8) is 0 Å². The third kappa shape index (κ3) is 5.44.